The maximum absolute atomic E-state index is 3.97. The fourth-order valence-electron chi connectivity index (χ4n) is 2.61. The molecule has 3 heteroatoms. The van der Waals surface area contributed by atoms with Crippen molar-refractivity contribution in [2.75, 3.05) is 0 Å². The Balaban J connectivity index is 1.60. The Labute approximate surface area is 108 Å². The number of nitrogens with zero attached hydrogens (tertiary/aromatic N) is 1. The van der Waals surface area contributed by atoms with Crippen molar-refractivity contribution in [3.63, 3.8) is 0 Å². The molecule has 2 N–H and O–H groups in total. The van der Waals surface area contributed by atoms with Crippen LogP contribution in [-0.2, 0) is 6.54 Å². The second-order valence-electron chi connectivity index (χ2n) is 5.03. The van der Waals surface area contributed by atoms with E-state index in [0.29, 0.717) is 0 Å². The zero-order valence-corrected chi connectivity index (χ0v) is 10.5. The average molecular weight is 241 g/mol. The van der Waals surface area contributed by atoms with Crippen molar-refractivity contribution in [1.29, 1.82) is 0 Å². The van der Waals surface area contributed by atoms with Gasteiger partial charge in [0.05, 0.1) is 5.69 Å². The van der Waals surface area contributed by atoms with Crippen molar-refractivity contribution in [1.82, 2.24) is 15.5 Å². The molecule has 0 unspecified atom stereocenters. The van der Waals surface area contributed by atoms with Gasteiger partial charge >= 0.3 is 0 Å². The largest absolute Gasteiger partial charge is 0.310 e. The predicted molar refractivity (Wildman–Crippen MR) is 73.1 cm³/mol. The summed E-state index contributed by atoms with van der Waals surface area (Å²) < 4.78 is 0. The van der Waals surface area contributed by atoms with Gasteiger partial charge in [0.15, 0.2) is 0 Å². The highest BCUT2D eigenvalue weighted by atomic mass is 15.1. The molecule has 2 aromatic rings. The zero-order chi connectivity index (χ0) is 12.2. The van der Waals surface area contributed by atoms with Gasteiger partial charge in [0.25, 0.3) is 0 Å². The summed E-state index contributed by atoms with van der Waals surface area (Å²) in [4.78, 5) is 0. The van der Waals surface area contributed by atoms with Crippen LogP contribution in [0, 0.1) is 0 Å². The topological polar surface area (TPSA) is 40.7 Å². The van der Waals surface area contributed by atoms with Crippen LogP contribution in [0.1, 0.15) is 31.2 Å². The third kappa shape index (κ3) is 2.62. The molecule has 3 rings (SSSR count). The molecule has 0 amide bonds. The van der Waals surface area contributed by atoms with Crippen LogP contribution in [-0.4, -0.2) is 16.2 Å². The number of hydrogen-bond donors (Lipinski definition) is 2. The van der Waals surface area contributed by atoms with Crippen LogP contribution in [0.5, 0.6) is 0 Å². The molecule has 1 aromatic carbocycles. The molecule has 1 aromatic heterocycles. The Morgan fingerprint density at radius 2 is 1.89 bits per heavy atom. The van der Waals surface area contributed by atoms with Crippen LogP contribution in [0.4, 0.5) is 0 Å². The molecule has 1 aliphatic carbocycles. The number of aromatic amines is 1. The van der Waals surface area contributed by atoms with Gasteiger partial charge in [-0.1, -0.05) is 37.1 Å². The third-order valence-corrected chi connectivity index (χ3v) is 3.72. The summed E-state index contributed by atoms with van der Waals surface area (Å²) in [7, 11) is 0. The molecule has 0 radical (unpaired) electrons. The second kappa shape index (κ2) is 5.36. The Bertz CT molecular complexity index is 467. The SMILES string of the molecule is c1cc(-c2ccc(CNC3CCCC3)cc2)[nH]n1. The second-order valence-corrected chi connectivity index (χ2v) is 5.03. The standard InChI is InChI=1S/C15H19N3/c1-2-4-14(3-1)16-11-12-5-7-13(8-6-12)15-9-10-17-18-15/h5-10,14,16H,1-4,11H2,(H,17,18). The number of hydrogen-bond acceptors (Lipinski definition) is 2. The van der Waals surface area contributed by atoms with E-state index in [1.54, 1.807) is 6.20 Å². The van der Waals surface area contributed by atoms with E-state index in [-0.39, 0.29) is 0 Å². The third-order valence-electron chi connectivity index (χ3n) is 3.72. The normalized spacial score (nSPS) is 16.2. The lowest BCUT2D eigenvalue weighted by molar-refractivity contribution is 0.524. The molecule has 0 atom stereocenters. The number of nitrogens with one attached hydrogen (secondary N) is 2. The highest BCUT2D eigenvalue weighted by Gasteiger charge is 2.13. The molecular formula is C15H19N3. The van der Waals surface area contributed by atoms with Crippen molar-refractivity contribution in [3.05, 3.63) is 42.1 Å². The van der Waals surface area contributed by atoms with Gasteiger partial charge in [-0.25, -0.2) is 0 Å². The first-order valence-corrected chi connectivity index (χ1v) is 6.74. The highest BCUT2D eigenvalue weighted by molar-refractivity contribution is 5.58. The maximum atomic E-state index is 3.97. The van der Waals surface area contributed by atoms with Crippen molar-refractivity contribution in [2.24, 2.45) is 0 Å². The van der Waals surface area contributed by atoms with Crippen molar-refractivity contribution >= 4 is 0 Å². The number of benzene rings is 1. The Morgan fingerprint density at radius 3 is 2.56 bits per heavy atom. The first kappa shape index (κ1) is 11.5. The van der Waals surface area contributed by atoms with E-state index in [1.807, 2.05) is 6.07 Å². The van der Waals surface area contributed by atoms with Crippen LogP contribution in [0.2, 0.25) is 0 Å². The first-order valence-electron chi connectivity index (χ1n) is 6.74. The number of H-pyrrole nitrogens is 1. The van der Waals surface area contributed by atoms with Crippen molar-refractivity contribution < 1.29 is 0 Å². The molecule has 1 fully saturated rings. The van der Waals surface area contributed by atoms with Gasteiger partial charge < -0.3 is 5.32 Å². The molecule has 1 aliphatic rings. The number of rotatable bonds is 4. The smallest absolute Gasteiger partial charge is 0.0650 e. The maximum Gasteiger partial charge on any atom is 0.0650 e. The molecule has 0 spiro atoms. The molecule has 1 heterocycles. The van der Waals surface area contributed by atoms with Crippen molar-refractivity contribution in [2.45, 2.75) is 38.3 Å². The summed E-state index contributed by atoms with van der Waals surface area (Å²) >= 11 is 0. The monoisotopic (exact) mass is 241 g/mol. The zero-order valence-electron chi connectivity index (χ0n) is 10.5. The summed E-state index contributed by atoms with van der Waals surface area (Å²) in [6, 6.07) is 11.4. The number of aromatic nitrogens is 2. The van der Waals surface area contributed by atoms with Crippen LogP contribution < -0.4 is 5.32 Å². The molecule has 0 aliphatic heterocycles. The van der Waals surface area contributed by atoms with Gasteiger partial charge in [0.2, 0.25) is 0 Å². The Kier molecular flexibility index (Phi) is 3.42. The van der Waals surface area contributed by atoms with Gasteiger partial charge in [0.1, 0.15) is 0 Å². The fraction of sp³-hybridized carbons (Fsp3) is 0.400. The van der Waals surface area contributed by atoms with Crippen molar-refractivity contribution in [3.8, 4) is 11.3 Å². The molecule has 1 saturated carbocycles. The minimum Gasteiger partial charge on any atom is -0.310 e. The van der Waals surface area contributed by atoms with E-state index in [4.69, 9.17) is 0 Å². The summed E-state index contributed by atoms with van der Waals surface area (Å²) in [5.74, 6) is 0. The van der Waals surface area contributed by atoms with E-state index in [9.17, 15) is 0 Å². The Morgan fingerprint density at radius 1 is 1.11 bits per heavy atom. The summed E-state index contributed by atoms with van der Waals surface area (Å²) in [5.41, 5.74) is 3.62. The van der Waals surface area contributed by atoms with Crippen LogP contribution in [0.3, 0.4) is 0 Å². The van der Waals surface area contributed by atoms with E-state index in [0.717, 1.165) is 18.3 Å². The van der Waals surface area contributed by atoms with Gasteiger partial charge in [0, 0.05) is 18.8 Å². The molecule has 0 bridgehead atoms. The van der Waals surface area contributed by atoms with Crippen LogP contribution >= 0.6 is 0 Å². The van der Waals surface area contributed by atoms with Gasteiger partial charge in [-0.05, 0) is 30.0 Å². The first-order chi connectivity index (χ1) is 8.92. The summed E-state index contributed by atoms with van der Waals surface area (Å²) in [6.45, 7) is 0.980. The molecule has 18 heavy (non-hydrogen) atoms. The predicted octanol–water partition coefficient (Wildman–Crippen LogP) is 3.11. The quantitative estimate of drug-likeness (QED) is 0.863. The molecule has 3 nitrogen and oxygen atoms in total. The van der Waals surface area contributed by atoms with Gasteiger partial charge in [-0.2, -0.15) is 5.10 Å². The van der Waals surface area contributed by atoms with Crippen LogP contribution in [0.15, 0.2) is 36.5 Å². The fourth-order valence-corrected chi connectivity index (χ4v) is 2.61. The van der Waals surface area contributed by atoms with E-state index < -0.39 is 0 Å². The van der Waals surface area contributed by atoms with Gasteiger partial charge in [-0.15, -0.1) is 0 Å². The summed E-state index contributed by atoms with van der Waals surface area (Å²) in [5, 5.41) is 10.6. The lowest BCUT2D eigenvalue weighted by atomic mass is 10.1. The summed E-state index contributed by atoms with van der Waals surface area (Å²) in [6.07, 6.45) is 7.23. The molecular weight excluding hydrogens is 222 g/mol. The van der Waals surface area contributed by atoms with Crippen LogP contribution in [0.25, 0.3) is 11.3 Å². The lowest BCUT2D eigenvalue weighted by Gasteiger charge is -2.11. The molecule has 0 saturated heterocycles. The van der Waals surface area contributed by atoms with E-state index >= 15 is 0 Å². The highest BCUT2D eigenvalue weighted by Crippen LogP contribution is 2.19. The Hall–Kier alpha value is -1.61. The van der Waals surface area contributed by atoms with E-state index in [1.165, 1.54) is 36.8 Å². The van der Waals surface area contributed by atoms with Gasteiger partial charge in [-0.3, -0.25) is 5.10 Å². The minimum absolute atomic E-state index is 0.734. The minimum atomic E-state index is 0.734. The van der Waals surface area contributed by atoms with E-state index in [2.05, 4.69) is 39.8 Å². The lowest BCUT2D eigenvalue weighted by Crippen LogP contribution is -2.25. The average Bonchev–Trinajstić information content (AvgIpc) is 3.10. The molecule has 94 valence electrons.